The first-order chi connectivity index (χ1) is 38.8. The Morgan fingerprint density at radius 2 is 1.26 bits per heavy atom. The van der Waals surface area contributed by atoms with Gasteiger partial charge in [-0.05, 0) is 106 Å². The van der Waals surface area contributed by atoms with Crippen LogP contribution in [0.2, 0.25) is 0 Å². The fourth-order valence-corrected chi connectivity index (χ4v) is 9.23. The smallest absolute Gasteiger partial charge is 0.347 e. The maximum Gasteiger partial charge on any atom is 0.347 e. The first-order valence-corrected chi connectivity index (χ1v) is 29.2. The highest BCUT2D eigenvalue weighted by Gasteiger charge is 2.43. The van der Waals surface area contributed by atoms with E-state index in [9.17, 15) is 53.4 Å². The molecule has 26 heteroatoms. The van der Waals surface area contributed by atoms with Crippen LogP contribution in [0.4, 0.5) is 5.82 Å². The third-order valence-electron chi connectivity index (χ3n) is 13.3. The van der Waals surface area contributed by atoms with Crippen molar-refractivity contribution in [1.29, 1.82) is 0 Å². The normalized spacial score (nSPS) is 19.8. The molecule has 11 atom stereocenters. The first kappa shape index (κ1) is 70.4. The molecule has 3 rings (SSSR count). The third-order valence-corrected chi connectivity index (χ3v) is 13.8. The third kappa shape index (κ3) is 27.0. The van der Waals surface area contributed by atoms with Crippen LogP contribution in [0, 0.1) is 11.8 Å². The van der Waals surface area contributed by atoms with Gasteiger partial charge in [0.25, 0.3) is 5.88 Å². The lowest BCUT2D eigenvalue weighted by Gasteiger charge is -2.28. The van der Waals surface area contributed by atoms with Crippen LogP contribution in [0.1, 0.15) is 166 Å². The summed E-state index contributed by atoms with van der Waals surface area (Å²) in [6.45, 7) is 17.4. The van der Waals surface area contributed by atoms with Crippen LogP contribution < -0.4 is 15.0 Å². The van der Waals surface area contributed by atoms with Crippen molar-refractivity contribution in [2.24, 2.45) is 11.8 Å². The van der Waals surface area contributed by atoms with E-state index in [1.54, 1.807) is 0 Å². The Morgan fingerprint density at radius 3 is 1.82 bits per heavy atom. The zero-order valence-corrected chi connectivity index (χ0v) is 50.1. The van der Waals surface area contributed by atoms with E-state index < -0.39 is 109 Å². The Balaban J connectivity index is 1.32. The molecule has 25 nitrogen and oxygen atoms in total. The number of nitrogens with one attached hydrogen (secondary N) is 1. The number of esters is 9. The number of allylic oxidation sites excluding steroid dienone is 2. The Kier molecular flexibility index (Phi) is 31.5. The largest absolute Gasteiger partial charge is 0.470 e. The van der Waals surface area contributed by atoms with Crippen molar-refractivity contribution in [1.82, 2.24) is 14.1 Å². The van der Waals surface area contributed by atoms with Crippen LogP contribution in [-0.2, 0) is 85.8 Å². The summed E-state index contributed by atoms with van der Waals surface area (Å²) in [7, 11) is 0. The molecule has 1 aromatic rings. The van der Waals surface area contributed by atoms with Crippen molar-refractivity contribution >= 4 is 71.3 Å². The SMILES string of the molecule is CCCCCC[C@@H](O)CC[C@H]1C(C/C=C\CCCC(=O)OC(=O)CCCC(=O)OC(C)C(=O)OC(C)C(=O)OC(C)C(=O)OC(C)C(=O)OC(C)C(=O)OC(CNC(C)(C)C)COc2nsnc2N2CCOCC2)[C@H](OC(C)=O)C[C@@H]1O. The molecule has 1 saturated heterocycles. The summed E-state index contributed by atoms with van der Waals surface area (Å²) in [5.41, 5.74) is -0.357. The summed E-state index contributed by atoms with van der Waals surface area (Å²) in [4.78, 5) is 115. The number of hydrogen-bond donors (Lipinski definition) is 3. The number of nitrogens with zero attached hydrogens (tertiary/aromatic N) is 3. The van der Waals surface area contributed by atoms with E-state index in [1.165, 1.54) is 27.7 Å². The van der Waals surface area contributed by atoms with Gasteiger partial charge in [-0.2, -0.15) is 4.37 Å². The summed E-state index contributed by atoms with van der Waals surface area (Å²) in [6, 6.07) is 0. The summed E-state index contributed by atoms with van der Waals surface area (Å²) >= 11 is 0.974. The monoisotopic (exact) mass is 1180 g/mol. The fourth-order valence-electron chi connectivity index (χ4n) is 8.71. The van der Waals surface area contributed by atoms with Gasteiger partial charge in [0.1, 0.15) is 18.8 Å². The van der Waals surface area contributed by atoms with Gasteiger partial charge in [-0.1, -0.05) is 44.8 Å². The number of unbranched alkanes of at least 4 members (excludes halogenated alkanes) is 4. The fraction of sp³-hybridized carbons (Fsp3) is 0.768. The number of hydrogen-bond acceptors (Lipinski definition) is 26. The van der Waals surface area contributed by atoms with Crippen molar-refractivity contribution in [2.75, 3.05) is 44.4 Å². The molecule has 0 amide bonds. The highest BCUT2D eigenvalue weighted by molar-refractivity contribution is 6.99. The van der Waals surface area contributed by atoms with E-state index in [2.05, 4.69) is 21.0 Å². The van der Waals surface area contributed by atoms with Crippen molar-refractivity contribution in [3.05, 3.63) is 12.2 Å². The van der Waals surface area contributed by atoms with E-state index in [0.29, 0.717) is 77.1 Å². The quantitative estimate of drug-likeness (QED) is 0.0258. The minimum Gasteiger partial charge on any atom is -0.470 e. The maximum absolute atomic E-state index is 13.1. The molecule has 2 fully saturated rings. The second-order valence-electron chi connectivity index (χ2n) is 21.6. The number of morpholine rings is 1. The summed E-state index contributed by atoms with van der Waals surface area (Å²) in [5.74, 6) is -7.91. The lowest BCUT2D eigenvalue weighted by molar-refractivity contribution is -0.187. The maximum atomic E-state index is 13.1. The Morgan fingerprint density at radius 1 is 0.707 bits per heavy atom. The van der Waals surface area contributed by atoms with Gasteiger partial charge < -0.3 is 67.8 Å². The molecule has 1 saturated carbocycles. The molecule has 0 spiro atoms. The molecular formula is C56H88N4O21S. The van der Waals surface area contributed by atoms with Crippen LogP contribution in [0.25, 0.3) is 0 Å². The Hall–Kier alpha value is -5.83. The molecule has 3 N–H and O–H groups in total. The van der Waals surface area contributed by atoms with E-state index in [4.69, 9.17) is 47.4 Å². The Bertz CT molecular complexity index is 2230. The first-order valence-electron chi connectivity index (χ1n) is 28.4. The number of carbonyl (C=O) groups excluding carboxylic acids is 9. The zero-order chi connectivity index (χ0) is 60.9. The highest BCUT2D eigenvalue weighted by atomic mass is 32.1. The van der Waals surface area contributed by atoms with Gasteiger partial charge in [0.05, 0.1) is 37.1 Å². The van der Waals surface area contributed by atoms with Crippen LogP contribution in [0.5, 0.6) is 5.88 Å². The van der Waals surface area contributed by atoms with Crippen LogP contribution in [0.3, 0.4) is 0 Å². The van der Waals surface area contributed by atoms with E-state index in [1.807, 2.05) is 37.8 Å². The van der Waals surface area contributed by atoms with Crippen LogP contribution in [0.15, 0.2) is 12.2 Å². The van der Waals surface area contributed by atoms with Gasteiger partial charge in [0, 0.05) is 63.7 Å². The number of rotatable bonds is 36. The standard InChI is InChI=1S/C56H88N4O21S/c1-11-12-13-16-20-40(62)25-26-42-43(45(31-44(42)63)79-39(7)61)21-17-14-15-18-22-47(65)81-48(66)24-19-23-46(64)74-34(2)51(67)75-35(3)52(68)76-36(4)53(69)77-37(5)54(70)78-38(6)55(71)80-41(32-57-56(8,9)10)33-73-50-49(58-82-59-50)60-27-29-72-30-28-60/h14,17,34-38,40-45,57,62-63H,11-13,15-16,18-33H2,1-10H3/b17-14-/t34?,35?,36?,37?,38?,40-,41?,42+,43?,44+,45-/m1/s1. The molecule has 0 radical (unpaired) electrons. The number of aromatic nitrogens is 2. The number of ether oxygens (including phenoxy) is 10. The molecule has 2 heterocycles. The van der Waals surface area contributed by atoms with Gasteiger partial charge in [-0.25, -0.2) is 24.0 Å². The molecule has 0 aromatic carbocycles. The lowest BCUT2D eigenvalue weighted by Crippen LogP contribution is -2.45. The van der Waals surface area contributed by atoms with E-state index >= 15 is 0 Å². The second kappa shape index (κ2) is 36.7. The minimum absolute atomic E-state index is 0.0543. The number of carbonyl (C=O) groups is 9. The zero-order valence-electron chi connectivity index (χ0n) is 49.3. The average Bonchev–Trinajstić information content (AvgIpc) is 4.14. The Labute approximate surface area is 484 Å². The number of aliphatic hydroxyl groups excluding tert-OH is 2. The molecule has 82 heavy (non-hydrogen) atoms. The summed E-state index contributed by atoms with van der Waals surface area (Å²) < 4.78 is 61.5. The second-order valence-corrected chi connectivity index (χ2v) is 22.1. The highest BCUT2D eigenvalue weighted by Crippen LogP contribution is 2.40. The molecule has 2 aliphatic rings. The van der Waals surface area contributed by atoms with Crippen molar-refractivity contribution in [3.8, 4) is 5.88 Å². The number of aliphatic hydroxyl groups is 2. The van der Waals surface area contributed by atoms with E-state index in [-0.39, 0.29) is 62.1 Å². The number of anilines is 1. The molecule has 1 aliphatic carbocycles. The lowest BCUT2D eigenvalue weighted by atomic mass is 9.85. The summed E-state index contributed by atoms with van der Waals surface area (Å²) in [5, 5.41) is 24.6. The van der Waals surface area contributed by atoms with Crippen molar-refractivity contribution in [3.63, 3.8) is 0 Å². The van der Waals surface area contributed by atoms with Gasteiger partial charge >= 0.3 is 53.7 Å². The van der Waals surface area contributed by atoms with Gasteiger partial charge in [0.15, 0.2) is 30.5 Å². The molecular weight excluding hydrogens is 1100 g/mol. The average molecular weight is 1190 g/mol. The molecule has 1 aromatic heterocycles. The molecule has 0 bridgehead atoms. The van der Waals surface area contributed by atoms with Crippen LogP contribution in [-0.4, -0.2) is 173 Å². The predicted molar refractivity (Wildman–Crippen MR) is 294 cm³/mol. The molecule has 464 valence electrons. The van der Waals surface area contributed by atoms with Crippen molar-refractivity contribution < 1.29 is 101 Å². The van der Waals surface area contributed by atoms with Gasteiger partial charge in [-0.15, -0.1) is 4.37 Å². The van der Waals surface area contributed by atoms with Crippen molar-refractivity contribution in [2.45, 2.75) is 226 Å². The summed E-state index contributed by atoms with van der Waals surface area (Å²) in [6.07, 6.45) is 0.727. The predicted octanol–water partition coefficient (Wildman–Crippen LogP) is 5.11. The van der Waals surface area contributed by atoms with Gasteiger partial charge in [0.2, 0.25) is 5.82 Å². The minimum atomic E-state index is -1.61. The topological polar surface area (TPSA) is 327 Å². The van der Waals surface area contributed by atoms with Gasteiger partial charge in [-0.3, -0.25) is 19.2 Å². The van der Waals surface area contributed by atoms with Crippen LogP contribution >= 0.6 is 11.7 Å². The molecule has 1 aliphatic heterocycles. The molecule has 7 unspecified atom stereocenters. The van der Waals surface area contributed by atoms with E-state index in [0.717, 1.165) is 51.3 Å².